The normalized spacial score (nSPS) is 21.4. The number of amides is 1. The number of phenols is 1. The molecule has 6 nitrogen and oxygen atoms in total. The van der Waals surface area contributed by atoms with Gasteiger partial charge >= 0.3 is 5.97 Å². The van der Waals surface area contributed by atoms with Gasteiger partial charge in [0.15, 0.2) is 11.5 Å². The van der Waals surface area contributed by atoms with Crippen molar-refractivity contribution in [3.63, 3.8) is 0 Å². The molecule has 2 atom stereocenters. The van der Waals surface area contributed by atoms with Gasteiger partial charge in [-0.25, -0.2) is 0 Å². The van der Waals surface area contributed by atoms with E-state index in [1.165, 1.54) is 19.2 Å². The Morgan fingerprint density at radius 2 is 2.10 bits per heavy atom. The number of carboxylic acids is 1. The minimum Gasteiger partial charge on any atom is -0.504 e. The molecule has 3 N–H and O–H groups in total. The van der Waals surface area contributed by atoms with Gasteiger partial charge in [-0.1, -0.05) is 0 Å². The molecule has 1 fully saturated rings. The summed E-state index contributed by atoms with van der Waals surface area (Å²) in [6, 6.07) is 4.27. The predicted octanol–water partition coefficient (Wildman–Crippen LogP) is 1.38. The summed E-state index contributed by atoms with van der Waals surface area (Å²) < 4.78 is 4.91. The standard InChI is InChI=1S/C14H17NO5/c1-20-12-5-3-8(7-11(12)16)13(17)15-10-4-2-9(6-10)14(18)19/h3,5,7,9-10,16H,2,4,6H2,1H3,(H,15,17)(H,18,19)/t9-,10+/m1/s1. The summed E-state index contributed by atoms with van der Waals surface area (Å²) in [5.41, 5.74) is 0.321. The topological polar surface area (TPSA) is 95.9 Å². The van der Waals surface area contributed by atoms with Crippen LogP contribution in [-0.4, -0.2) is 35.2 Å². The van der Waals surface area contributed by atoms with Gasteiger partial charge < -0.3 is 20.3 Å². The van der Waals surface area contributed by atoms with Crippen molar-refractivity contribution < 1.29 is 24.5 Å². The highest BCUT2D eigenvalue weighted by Gasteiger charge is 2.30. The van der Waals surface area contributed by atoms with E-state index < -0.39 is 5.97 Å². The van der Waals surface area contributed by atoms with E-state index in [1.54, 1.807) is 6.07 Å². The molecule has 0 saturated heterocycles. The van der Waals surface area contributed by atoms with Gasteiger partial charge in [-0.05, 0) is 37.5 Å². The number of rotatable bonds is 4. The lowest BCUT2D eigenvalue weighted by atomic mass is 10.1. The number of phenolic OH excluding ortho intramolecular Hbond substituents is 1. The SMILES string of the molecule is COc1ccc(C(=O)N[C@H]2CC[C@@H](C(=O)O)C2)cc1O. The molecule has 0 bridgehead atoms. The second kappa shape index (κ2) is 5.81. The maximum atomic E-state index is 12.0. The molecule has 1 amide bonds. The van der Waals surface area contributed by atoms with Crippen molar-refractivity contribution in [2.75, 3.05) is 7.11 Å². The van der Waals surface area contributed by atoms with Gasteiger partial charge in [0.2, 0.25) is 0 Å². The molecule has 1 aliphatic carbocycles. The quantitative estimate of drug-likeness (QED) is 0.774. The maximum Gasteiger partial charge on any atom is 0.306 e. The Kier molecular flexibility index (Phi) is 4.12. The summed E-state index contributed by atoms with van der Waals surface area (Å²) in [6.45, 7) is 0. The van der Waals surface area contributed by atoms with E-state index in [2.05, 4.69) is 5.32 Å². The Labute approximate surface area is 116 Å². The number of aromatic hydroxyl groups is 1. The Morgan fingerprint density at radius 1 is 1.35 bits per heavy atom. The van der Waals surface area contributed by atoms with Crippen LogP contribution in [-0.2, 0) is 4.79 Å². The molecule has 0 radical (unpaired) electrons. The van der Waals surface area contributed by atoms with E-state index in [4.69, 9.17) is 9.84 Å². The third-order valence-corrected chi connectivity index (χ3v) is 3.56. The summed E-state index contributed by atoms with van der Waals surface area (Å²) in [7, 11) is 1.43. The van der Waals surface area contributed by atoms with Crippen LogP contribution in [0, 0.1) is 5.92 Å². The van der Waals surface area contributed by atoms with E-state index in [-0.39, 0.29) is 23.6 Å². The number of nitrogens with one attached hydrogen (secondary N) is 1. The number of hydrogen-bond acceptors (Lipinski definition) is 4. The zero-order valence-electron chi connectivity index (χ0n) is 11.1. The Balaban J connectivity index is 1.99. The molecule has 0 heterocycles. The molecule has 0 aromatic heterocycles. The van der Waals surface area contributed by atoms with Crippen LogP contribution in [0.3, 0.4) is 0 Å². The van der Waals surface area contributed by atoms with Crippen LogP contribution in [0.15, 0.2) is 18.2 Å². The van der Waals surface area contributed by atoms with Crippen LogP contribution in [0.25, 0.3) is 0 Å². The van der Waals surface area contributed by atoms with Gasteiger partial charge in [0.25, 0.3) is 5.91 Å². The average molecular weight is 279 g/mol. The monoisotopic (exact) mass is 279 g/mol. The number of carbonyl (C=O) groups is 2. The third kappa shape index (κ3) is 3.01. The molecule has 1 aromatic rings. The van der Waals surface area contributed by atoms with E-state index in [0.717, 1.165) is 0 Å². The average Bonchev–Trinajstić information content (AvgIpc) is 2.87. The zero-order valence-corrected chi connectivity index (χ0v) is 11.1. The number of methoxy groups -OCH3 is 1. The number of hydrogen-bond donors (Lipinski definition) is 3. The second-order valence-corrected chi connectivity index (χ2v) is 4.91. The van der Waals surface area contributed by atoms with Crippen molar-refractivity contribution >= 4 is 11.9 Å². The van der Waals surface area contributed by atoms with Gasteiger partial charge in [0.1, 0.15) is 0 Å². The van der Waals surface area contributed by atoms with E-state index in [1.807, 2.05) is 0 Å². The molecule has 1 aromatic carbocycles. The molecule has 6 heteroatoms. The molecule has 0 unspecified atom stereocenters. The molecule has 0 aliphatic heterocycles. The lowest BCUT2D eigenvalue weighted by Crippen LogP contribution is -2.33. The van der Waals surface area contributed by atoms with Crippen molar-refractivity contribution in [2.24, 2.45) is 5.92 Å². The highest BCUT2D eigenvalue weighted by atomic mass is 16.5. The van der Waals surface area contributed by atoms with Crippen molar-refractivity contribution in [1.82, 2.24) is 5.32 Å². The molecule has 0 spiro atoms. The van der Waals surface area contributed by atoms with Crippen LogP contribution < -0.4 is 10.1 Å². The fourth-order valence-electron chi connectivity index (χ4n) is 2.44. The van der Waals surface area contributed by atoms with Crippen molar-refractivity contribution in [3.8, 4) is 11.5 Å². The molecule has 108 valence electrons. The Morgan fingerprint density at radius 3 is 2.65 bits per heavy atom. The minimum atomic E-state index is -0.816. The second-order valence-electron chi connectivity index (χ2n) is 4.91. The molecule has 1 aliphatic rings. The third-order valence-electron chi connectivity index (χ3n) is 3.56. The Hall–Kier alpha value is -2.24. The fraction of sp³-hybridized carbons (Fsp3) is 0.429. The van der Waals surface area contributed by atoms with E-state index in [9.17, 15) is 14.7 Å². The van der Waals surface area contributed by atoms with Gasteiger partial charge in [-0.15, -0.1) is 0 Å². The first-order chi connectivity index (χ1) is 9.51. The predicted molar refractivity (Wildman–Crippen MR) is 70.9 cm³/mol. The van der Waals surface area contributed by atoms with E-state index >= 15 is 0 Å². The number of carboxylic acid groups (broad SMARTS) is 1. The van der Waals surface area contributed by atoms with Crippen LogP contribution in [0.1, 0.15) is 29.6 Å². The number of ether oxygens (including phenoxy) is 1. The van der Waals surface area contributed by atoms with Crippen LogP contribution >= 0.6 is 0 Å². The first kappa shape index (κ1) is 14.2. The summed E-state index contributed by atoms with van der Waals surface area (Å²) in [5, 5.41) is 21.3. The molecule has 20 heavy (non-hydrogen) atoms. The fourth-order valence-corrected chi connectivity index (χ4v) is 2.44. The first-order valence-corrected chi connectivity index (χ1v) is 6.42. The largest absolute Gasteiger partial charge is 0.504 e. The lowest BCUT2D eigenvalue weighted by molar-refractivity contribution is -0.141. The van der Waals surface area contributed by atoms with Gasteiger partial charge in [-0.3, -0.25) is 9.59 Å². The molecular weight excluding hydrogens is 262 g/mol. The maximum absolute atomic E-state index is 12.0. The van der Waals surface area contributed by atoms with Crippen molar-refractivity contribution in [3.05, 3.63) is 23.8 Å². The summed E-state index contributed by atoms with van der Waals surface area (Å²) in [6.07, 6.45) is 1.68. The highest BCUT2D eigenvalue weighted by Crippen LogP contribution is 2.28. The van der Waals surface area contributed by atoms with Gasteiger partial charge in [0.05, 0.1) is 13.0 Å². The van der Waals surface area contributed by atoms with Crippen molar-refractivity contribution in [2.45, 2.75) is 25.3 Å². The smallest absolute Gasteiger partial charge is 0.306 e. The Bertz CT molecular complexity index is 528. The summed E-state index contributed by atoms with van der Waals surface area (Å²) in [5.74, 6) is -1.32. The minimum absolute atomic E-state index is 0.102. The van der Waals surface area contributed by atoms with Gasteiger partial charge in [-0.2, -0.15) is 0 Å². The molecule has 2 rings (SSSR count). The number of aliphatic carboxylic acids is 1. The molecule has 1 saturated carbocycles. The number of carbonyl (C=O) groups excluding carboxylic acids is 1. The highest BCUT2D eigenvalue weighted by molar-refractivity contribution is 5.95. The summed E-state index contributed by atoms with van der Waals surface area (Å²) >= 11 is 0. The molecular formula is C14H17NO5. The van der Waals surface area contributed by atoms with Crippen LogP contribution in [0.5, 0.6) is 11.5 Å². The zero-order chi connectivity index (χ0) is 14.7. The van der Waals surface area contributed by atoms with E-state index in [0.29, 0.717) is 30.6 Å². The van der Waals surface area contributed by atoms with Gasteiger partial charge in [0, 0.05) is 11.6 Å². The first-order valence-electron chi connectivity index (χ1n) is 6.42. The van der Waals surface area contributed by atoms with Crippen molar-refractivity contribution in [1.29, 1.82) is 0 Å². The van der Waals surface area contributed by atoms with Crippen LogP contribution in [0.4, 0.5) is 0 Å². The van der Waals surface area contributed by atoms with Crippen LogP contribution in [0.2, 0.25) is 0 Å². The lowest BCUT2D eigenvalue weighted by Gasteiger charge is -2.13. The number of benzene rings is 1. The summed E-state index contributed by atoms with van der Waals surface area (Å²) in [4.78, 5) is 22.9.